The molecule has 0 bridgehead atoms. The van der Waals surface area contributed by atoms with Crippen molar-refractivity contribution in [3.05, 3.63) is 24.0 Å². The highest BCUT2D eigenvalue weighted by Gasteiger charge is 2.23. The molecule has 0 radical (unpaired) electrons. The standard InChI is InChI=1S/C14H15N3O2/c1-2-9(3-1)13-15-14(17-16-13)10-4-5-11-12(8-10)19-7-6-18-11/h4-5,8-9H,1-3,6-7H2,(H,15,16,17). The Hall–Kier alpha value is -2.04. The third-order valence-electron chi connectivity index (χ3n) is 3.79. The second kappa shape index (κ2) is 4.26. The third-order valence-corrected chi connectivity index (χ3v) is 3.79. The van der Waals surface area contributed by atoms with Crippen molar-refractivity contribution in [2.75, 3.05) is 13.2 Å². The fraction of sp³-hybridized carbons (Fsp3) is 0.429. The Morgan fingerprint density at radius 2 is 1.95 bits per heavy atom. The van der Waals surface area contributed by atoms with E-state index in [-0.39, 0.29) is 0 Å². The zero-order valence-corrected chi connectivity index (χ0v) is 10.6. The van der Waals surface area contributed by atoms with E-state index in [0.29, 0.717) is 19.1 Å². The van der Waals surface area contributed by atoms with Gasteiger partial charge in [-0.2, -0.15) is 5.10 Å². The molecule has 0 saturated heterocycles. The minimum Gasteiger partial charge on any atom is -0.486 e. The average Bonchev–Trinajstić information content (AvgIpc) is 2.85. The highest BCUT2D eigenvalue weighted by atomic mass is 16.6. The molecule has 1 aromatic carbocycles. The van der Waals surface area contributed by atoms with Crippen LogP contribution in [0.2, 0.25) is 0 Å². The Morgan fingerprint density at radius 1 is 1.11 bits per heavy atom. The van der Waals surface area contributed by atoms with Crippen molar-refractivity contribution in [1.82, 2.24) is 15.2 Å². The van der Waals surface area contributed by atoms with Gasteiger partial charge in [-0.3, -0.25) is 5.10 Å². The molecule has 1 aromatic heterocycles. The number of benzene rings is 1. The fourth-order valence-electron chi connectivity index (χ4n) is 2.45. The lowest BCUT2D eigenvalue weighted by atomic mass is 9.85. The first kappa shape index (κ1) is 10.8. The molecule has 2 aromatic rings. The van der Waals surface area contributed by atoms with E-state index in [0.717, 1.165) is 28.7 Å². The fourth-order valence-corrected chi connectivity index (χ4v) is 2.45. The third kappa shape index (κ3) is 1.85. The Kier molecular flexibility index (Phi) is 2.43. The maximum atomic E-state index is 5.58. The number of H-pyrrole nitrogens is 1. The van der Waals surface area contributed by atoms with Crippen molar-refractivity contribution >= 4 is 0 Å². The molecule has 0 spiro atoms. The number of rotatable bonds is 2. The summed E-state index contributed by atoms with van der Waals surface area (Å²) in [5, 5.41) is 7.36. The van der Waals surface area contributed by atoms with Crippen LogP contribution < -0.4 is 9.47 Å². The zero-order valence-electron chi connectivity index (χ0n) is 10.6. The van der Waals surface area contributed by atoms with E-state index in [4.69, 9.17) is 9.47 Å². The van der Waals surface area contributed by atoms with Crippen molar-refractivity contribution in [3.8, 4) is 22.9 Å². The minimum absolute atomic E-state index is 0.568. The van der Waals surface area contributed by atoms with Crippen LogP contribution in [0, 0.1) is 0 Å². The van der Waals surface area contributed by atoms with Crippen molar-refractivity contribution in [2.24, 2.45) is 0 Å². The van der Waals surface area contributed by atoms with Gasteiger partial charge in [0.25, 0.3) is 0 Å². The molecule has 5 heteroatoms. The van der Waals surface area contributed by atoms with Crippen LogP contribution in [0.15, 0.2) is 18.2 Å². The van der Waals surface area contributed by atoms with E-state index < -0.39 is 0 Å². The molecule has 1 fully saturated rings. The Morgan fingerprint density at radius 3 is 2.74 bits per heavy atom. The zero-order chi connectivity index (χ0) is 12.7. The van der Waals surface area contributed by atoms with Crippen LogP contribution in [0.25, 0.3) is 11.4 Å². The number of nitrogens with one attached hydrogen (secondary N) is 1. The van der Waals surface area contributed by atoms with E-state index >= 15 is 0 Å². The van der Waals surface area contributed by atoms with Gasteiger partial charge in [-0.1, -0.05) is 6.42 Å². The first-order valence-electron chi connectivity index (χ1n) is 6.72. The lowest BCUT2D eigenvalue weighted by Crippen LogP contribution is -2.15. The smallest absolute Gasteiger partial charge is 0.181 e. The number of aromatic nitrogens is 3. The van der Waals surface area contributed by atoms with E-state index in [1.165, 1.54) is 19.3 Å². The van der Waals surface area contributed by atoms with E-state index in [9.17, 15) is 0 Å². The molecule has 2 aliphatic rings. The van der Waals surface area contributed by atoms with Gasteiger partial charge in [0.2, 0.25) is 0 Å². The molecule has 5 nitrogen and oxygen atoms in total. The van der Waals surface area contributed by atoms with Gasteiger partial charge >= 0.3 is 0 Å². The van der Waals surface area contributed by atoms with E-state index in [1.807, 2.05) is 18.2 Å². The Bertz CT molecular complexity index is 604. The number of fused-ring (bicyclic) bond motifs is 1. The lowest BCUT2D eigenvalue weighted by molar-refractivity contribution is 0.171. The molecule has 98 valence electrons. The van der Waals surface area contributed by atoms with Gasteiger partial charge in [0, 0.05) is 11.5 Å². The maximum Gasteiger partial charge on any atom is 0.181 e. The summed E-state index contributed by atoms with van der Waals surface area (Å²) >= 11 is 0. The highest BCUT2D eigenvalue weighted by Crippen LogP contribution is 2.36. The second-order valence-corrected chi connectivity index (χ2v) is 5.03. The van der Waals surface area contributed by atoms with Gasteiger partial charge in [-0.25, -0.2) is 4.98 Å². The predicted molar refractivity (Wildman–Crippen MR) is 69.4 cm³/mol. The molecule has 4 rings (SSSR count). The molecule has 0 atom stereocenters. The topological polar surface area (TPSA) is 60.0 Å². The van der Waals surface area contributed by atoms with Crippen molar-refractivity contribution < 1.29 is 9.47 Å². The van der Waals surface area contributed by atoms with E-state index in [2.05, 4.69) is 15.2 Å². The van der Waals surface area contributed by atoms with Crippen LogP contribution in [-0.4, -0.2) is 28.4 Å². The average molecular weight is 257 g/mol. The summed E-state index contributed by atoms with van der Waals surface area (Å²) in [6.45, 7) is 1.20. The molecule has 1 N–H and O–H groups in total. The SMILES string of the molecule is c1cc2c(cc1-c1n[nH]c(C3CCC3)n1)OCCO2. The van der Waals surface area contributed by atoms with Gasteiger partial charge in [0.05, 0.1) is 0 Å². The van der Waals surface area contributed by atoms with Gasteiger partial charge in [-0.05, 0) is 31.0 Å². The summed E-state index contributed by atoms with van der Waals surface area (Å²) in [5.41, 5.74) is 0.964. The van der Waals surface area contributed by atoms with Gasteiger partial charge in [0.15, 0.2) is 17.3 Å². The Balaban J connectivity index is 1.65. The molecule has 19 heavy (non-hydrogen) atoms. The molecular weight excluding hydrogens is 242 g/mol. The first-order chi connectivity index (χ1) is 9.40. The summed E-state index contributed by atoms with van der Waals surface area (Å²) in [5.74, 6) is 3.89. The molecule has 1 aliphatic carbocycles. The van der Waals surface area contributed by atoms with Gasteiger partial charge in [-0.15, -0.1) is 0 Å². The quantitative estimate of drug-likeness (QED) is 0.898. The molecule has 0 unspecified atom stereocenters. The summed E-state index contributed by atoms with van der Waals surface area (Å²) < 4.78 is 11.1. The number of hydrogen-bond acceptors (Lipinski definition) is 4. The predicted octanol–water partition coefficient (Wildman–Crippen LogP) is 2.51. The molecule has 0 amide bonds. The first-order valence-corrected chi connectivity index (χ1v) is 6.72. The van der Waals surface area contributed by atoms with Crippen molar-refractivity contribution in [1.29, 1.82) is 0 Å². The molecule has 1 saturated carbocycles. The van der Waals surface area contributed by atoms with E-state index in [1.54, 1.807) is 0 Å². The van der Waals surface area contributed by atoms with Crippen LogP contribution in [0.4, 0.5) is 0 Å². The Labute approximate surface area is 111 Å². The summed E-state index contributed by atoms with van der Waals surface area (Å²) in [7, 11) is 0. The van der Waals surface area contributed by atoms with Crippen LogP contribution >= 0.6 is 0 Å². The summed E-state index contributed by atoms with van der Waals surface area (Å²) in [6.07, 6.45) is 3.73. The highest BCUT2D eigenvalue weighted by molar-refractivity contribution is 5.61. The largest absolute Gasteiger partial charge is 0.486 e. The normalized spacial score (nSPS) is 18.1. The van der Waals surface area contributed by atoms with Gasteiger partial charge in [0.1, 0.15) is 19.0 Å². The lowest BCUT2D eigenvalue weighted by Gasteiger charge is -2.22. The summed E-state index contributed by atoms with van der Waals surface area (Å²) in [4.78, 5) is 4.59. The van der Waals surface area contributed by atoms with Crippen LogP contribution in [0.5, 0.6) is 11.5 Å². The summed E-state index contributed by atoms with van der Waals surface area (Å²) in [6, 6.07) is 5.84. The van der Waals surface area contributed by atoms with Crippen LogP contribution in [0.1, 0.15) is 31.0 Å². The molecule has 2 heterocycles. The van der Waals surface area contributed by atoms with Crippen LogP contribution in [0.3, 0.4) is 0 Å². The molecular formula is C14H15N3O2. The maximum absolute atomic E-state index is 5.58. The molecule has 1 aliphatic heterocycles. The number of nitrogens with zero attached hydrogens (tertiary/aromatic N) is 2. The van der Waals surface area contributed by atoms with Crippen LogP contribution in [-0.2, 0) is 0 Å². The van der Waals surface area contributed by atoms with Crippen molar-refractivity contribution in [2.45, 2.75) is 25.2 Å². The number of ether oxygens (including phenoxy) is 2. The monoisotopic (exact) mass is 257 g/mol. The van der Waals surface area contributed by atoms with Gasteiger partial charge < -0.3 is 9.47 Å². The number of aromatic amines is 1. The second-order valence-electron chi connectivity index (χ2n) is 5.03. The minimum atomic E-state index is 0.568. The number of hydrogen-bond donors (Lipinski definition) is 1. The van der Waals surface area contributed by atoms with Crippen molar-refractivity contribution in [3.63, 3.8) is 0 Å².